The third-order valence-electron chi connectivity index (χ3n) is 8.13. The summed E-state index contributed by atoms with van der Waals surface area (Å²) < 4.78 is 84.3. The number of carbonyl (C=O) groups excluding carboxylic acids is 1. The first-order valence-electron chi connectivity index (χ1n) is 14.1. The lowest BCUT2D eigenvalue weighted by Crippen LogP contribution is -2.44. The molecular formula is C31H33F4N3O3S. The average molecular weight is 604 g/mol. The number of carbonyl (C=O) groups is 1. The van der Waals surface area contributed by atoms with Crippen LogP contribution in [0.5, 0.6) is 0 Å². The molecule has 3 aromatic rings. The van der Waals surface area contributed by atoms with Crippen LogP contribution in [-0.4, -0.2) is 49.6 Å². The van der Waals surface area contributed by atoms with E-state index in [9.17, 15) is 26.4 Å². The molecule has 2 aliphatic heterocycles. The molecule has 4 atom stereocenters. The lowest BCUT2D eigenvalue weighted by atomic mass is 9.88. The monoisotopic (exact) mass is 603 g/mol. The highest BCUT2D eigenvalue weighted by Gasteiger charge is 2.35. The second-order valence-electron chi connectivity index (χ2n) is 11.0. The summed E-state index contributed by atoms with van der Waals surface area (Å²) in [6.45, 7) is 0.876. The minimum Gasteiger partial charge on any atom is -0.326 e. The molecule has 2 fully saturated rings. The summed E-state index contributed by atoms with van der Waals surface area (Å²) in [5, 5.41) is 6.20. The van der Waals surface area contributed by atoms with E-state index in [4.69, 9.17) is 0 Å². The maximum Gasteiger partial charge on any atom is 0.225 e. The van der Waals surface area contributed by atoms with Gasteiger partial charge in [0.05, 0.1) is 5.75 Å². The zero-order valence-corrected chi connectivity index (χ0v) is 23.8. The van der Waals surface area contributed by atoms with Gasteiger partial charge >= 0.3 is 0 Å². The van der Waals surface area contributed by atoms with Crippen molar-refractivity contribution in [2.75, 3.05) is 24.2 Å². The minimum absolute atomic E-state index is 0.0904. The summed E-state index contributed by atoms with van der Waals surface area (Å²) in [7, 11) is -3.43. The van der Waals surface area contributed by atoms with Gasteiger partial charge in [0, 0.05) is 54.8 Å². The summed E-state index contributed by atoms with van der Waals surface area (Å²) in [6, 6.07) is 12.5. The summed E-state index contributed by atoms with van der Waals surface area (Å²) >= 11 is 0. The quantitative estimate of drug-likeness (QED) is 0.334. The predicted molar refractivity (Wildman–Crippen MR) is 152 cm³/mol. The van der Waals surface area contributed by atoms with Crippen molar-refractivity contribution in [3.63, 3.8) is 0 Å². The van der Waals surface area contributed by atoms with Gasteiger partial charge in [-0.1, -0.05) is 18.2 Å². The zero-order chi connectivity index (χ0) is 29.9. The number of anilines is 1. The maximum atomic E-state index is 15.1. The normalized spacial score (nSPS) is 22.5. The Morgan fingerprint density at radius 2 is 1.69 bits per heavy atom. The highest BCUT2D eigenvalue weighted by atomic mass is 32.2. The Balaban J connectivity index is 1.35. The number of nitrogens with one attached hydrogen (secondary N) is 2. The van der Waals surface area contributed by atoms with Crippen LogP contribution in [0.1, 0.15) is 54.7 Å². The van der Waals surface area contributed by atoms with Gasteiger partial charge in [-0.05, 0) is 79.6 Å². The van der Waals surface area contributed by atoms with Crippen molar-refractivity contribution in [2.24, 2.45) is 0 Å². The van der Waals surface area contributed by atoms with Gasteiger partial charge in [-0.2, -0.15) is 4.31 Å². The maximum absolute atomic E-state index is 15.1. The fraction of sp³-hybridized carbons (Fsp3) is 0.387. The van der Waals surface area contributed by atoms with Gasteiger partial charge in [0.25, 0.3) is 0 Å². The molecule has 0 aliphatic carbocycles. The Labute approximate surface area is 243 Å². The number of sulfonamides is 1. The Bertz CT molecular complexity index is 1510. The number of nitrogens with zero attached hydrogens (tertiary/aromatic N) is 1. The number of fused-ring (bicyclic) bond motifs is 3. The van der Waals surface area contributed by atoms with Gasteiger partial charge in [-0.15, -0.1) is 0 Å². The van der Waals surface area contributed by atoms with E-state index in [1.807, 2.05) is 0 Å². The molecule has 2 heterocycles. The van der Waals surface area contributed by atoms with E-state index in [1.54, 1.807) is 10.4 Å². The molecule has 6 nitrogen and oxygen atoms in total. The highest BCUT2D eigenvalue weighted by Crippen LogP contribution is 2.31. The van der Waals surface area contributed by atoms with E-state index in [0.29, 0.717) is 31.5 Å². The Kier molecular flexibility index (Phi) is 9.29. The molecule has 0 aromatic heterocycles. The Hall–Kier alpha value is -3.28. The van der Waals surface area contributed by atoms with Crippen molar-refractivity contribution < 1.29 is 30.8 Å². The van der Waals surface area contributed by atoms with Crippen molar-refractivity contribution in [3.05, 3.63) is 101 Å². The van der Waals surface area contributed by atoms with Crippen LogP contribution in [0.2, 0.25) is 0 Å². The van der Waals surface area contributed by atoms with E-state index in [2.05, 4.69) is 10.6 Å². The molecule has 224 valence electrons. The van der Waals surface area contributed by atoms with Gasteiger partial charge in [0.15, 0.2) is 0 Å². The molecule has 11 heteroatoms. The van der Waals surface area contributed by atoms with Crippen LogP contribution in [0.15, 0.2) is 60.7 Å². The predicted octanol–water partition coefficient (Wildman–Crippen LogP) is 5.49. The van der Waals surface area contributed by atoms with Crippen LogP contribution >= 0.6 is 0 Å². The van der Waals surface area contributed by atoms with Gasteiger partial charge < -0.3 is 10.6 Å². The zero-order valence-electron chi connectivity index (χ0n) is 23.0. The number of hydrogen-bond acceptors (Lipinski definition) is 4. The van der Waals surface area contributed by atoms with Crippen LogP contribution in [-0.2, 0) is 21.2 Å². The SMILES string of the molecule is O=C(C[C@@H](c1ccc(F)cc1)c1cc(F)cc(F)c1)Nc1cccc(F)c1CC[C@H]1CN[C@@H]2CCCS(=O)(=O)N1CC2. The summed E-state index contributed by atoms with van der Waals surface area (Å²) in [5.41, 5.74) is 1.16. The number of rotatable bonds is 8. The van der Waals surface area contributed by atoms with Crippen molar-refractivity contribution in [2.45, 2.75) is 56.5 Å². The van der Waals surface area contributed by atoms with Crippen molar-refractivity contribution in [3.8, 4) is 0 Å². The van der Waals surface area contributed by atoms with Crippen LogP contribution < -0.4 is 10.6 Å². The van der Waals surface area contributed by atoms with Crippen LogP contribution in [0, 0.1) is 23.3 Å². The molecule has 1 amide bonds. The average Bonchev–Trinajstić information content (AvgIpc) is 3.10. The first-order chi connectivity index (χ1) is 20.1. The molecule has 2 bridgehead atoms. The number of hydrogen-bond donors (Lipinski definition) is 2. The third-order valence-corrected chi connectivity index (χ3v) is 10.1. The van der Waals surface area contributed by atoms with E-state index >= 15 is 4.39 Å². The summed E-state index contributed by atoms with van der Waals surface area (Å²) in [6.07, 6.45) is 2.40. The largest absolute Gasteiger partial charge is 0.326 e. The highest BCUT2D eigenvalue weighted by molar-refractivity contribution is 7.89. The van der Waals surface area contributed by atoms with E-state index < -0.39 is 45.1 Å². The lowest BCUT2D eigenvalue weighted by molar-refractivity contribution is -0.116. The molecule has 0 radical (unpaired) electrons. The molecule has 0 saturated carbocycles. The molecule has 2 N–H and O–H groups in total. The molecule has 5 rings (SSSR count). The van der Waals surface area contributed by atoms with Crippen molar-refractivity contribution in [1.29, 1.82) is 0 Å². The number of benzene rings is 3. The third kappa shape index (κ3) is 7.19. The van der Waals surface area contributed by atoms with Crippen LogP contribution in [0.3, 0.4) is 0 Å². The lowest BCUT2D eigenvalue weighted by Gasteiger charge is -2.29. The standard InChI is InChI=1S/C31H33F4N3O3S/c32-22-8-6-20(7-9-22)28(21-15-23(33)17-24(34)16-21)18-31(39)37-30-5-1-4-29(35)27(30)11-10-26-19-36-25-3-2-14-42(40,41)38(26)13-12-25/h1,4-9,15-17,25-26,28,36H,2-3,10-14,18-19H2,(H,37,39)/t25-,26+,28+/m1/s1. The Morgan fingerprint density at radius 1 is 0.952 bits per heavy atom. The van der Waals surface area contributed by atoms with Gasteiger partial charge in [-0.25, -0.2) is 26.0 Å². The number of halogens is 4. The van der Waals surface area contributed by atoms with E-state index in [0.717, 1.165) is 31.0 Å². The van der Waals surface area contributed by atoms with Gasteiger partial charge in [0.2, 0.25) is 15.9 Å². The molecule has 3 aromatic carbocycles. The van der Waals surface area contributed by atoms with Crippen LogP contribution in [0.4, 0.5) is 23.2 Å². The summed E-state index contributed by atoms with van der Waals surface area (Å²) in [5.74, 6) is -3.89. The van der Waals surface area contributed by atoms with Crippen molar-refractivity contribution >= 4 is 21.6 Å². The minimum atomic E-state index is -3.43. The van der Waals surface area contributed by atoms with Gasteiger partial charge in [-0.3, -0.25) is 4.79 Å². The molecule has 2 saturated heterocycles. The first kappa shape index (κ1) is 30.2. The molecular weight excluding hydrogens is 570 g/mol. The summed E-state index contributed by atoms with van der Waals surface area (Å²) in [4.78, 5) is 13.3. The van der Waals surface area contributed by atoms with Crippen molar-refractivity contribution in [1.82, 2.24) is 9.62 Å². The van der Waals surface area contributed by atoms with E-state index in [-0.39, 0.29) is 47.5 Å². The second kappa shape index (κ2) is 12.9. The smallest absolute Gasteiger partial charge is 0.225 e. The molecule has 42 heavy (non-hydrogen) atoms. The topological polar surface area (TPSA) is 78.5 Å². The van der Waals surface area contributed by atoms with Gasteiger partial charge in [0.1, 0.15) is 23.3 Å². The first-order valence-corrected chi connectivity index (χ1v) is 15.7. The number of amides is 1. The fourth-order valence-corrected chi connectivity index (χ4v) is 7.77. The van der Waals surface area contributed by atoms with E-state index in [1.165, 1.54) is 36.4 Å². The molecule has 0 spiro atoms. The van der Waals surface area contributed by atoms with Crippen LogP contribution in [0.25, 0.3) is 0 Å². The molecule has 1 unspecified atom stereocenters. The Morgan fingerprint density at radius 3 is 2.43 bits per heavy atom. The molecule has 2 aliphatic rings. The fourth-order valence-electron chi connectivity index (χ4n) is 5.99. The second-order valence-corrected chi connectivity index (χ2v) is 13.0.